The number of nitrogens with zero attached hydrogens (tertiary/aromatic N) is 2. The fourth-order valence-corrected chi connectivity index (χ4v) is 5.54. The van der Waals surface area contributed by atoms with Crippen LogP contribution in [0.4, 0.5) is 5.69 Å². The summed E-state index contributed by atoms with van der Waals surface area (Å²) in [5.74, 6) is -0.391. The third-order valence-electron chi connectivity index (χ3n) is 4.61. The van der Waals surface area contributed by atoms with Crippen molar-refractivity contribution in [1.82, 2.24) is 8.61 Å². The lowest BCUT2D eigenvalue weighted by Gasteiger charge is -2.20. The molecule has 0 aromatic heterocycles. The van der Waals surface area contributed by atoms with E-state index in [2.05, 4.69) is 5.32 Å². The van der Waals surface area contributed by atoms with E-state index in [4.69, 9.17) is 4.74 Å². The molecule has 0 spiro atoms. The van der Waals surface area contributed by atoms with Crippen molar-refractivity contribution in [2.24, 2.45) is 0 Å². The number of benzene rings is 2. The first-order valence-corrected chi connectivity index (χ1v) is 12.4. The predicted octanol–water partition coefficient (Wildman–Crippen LogP) is 1.98. The maximum Gasteiger partial charge on any atom is 0.243 e. The number of anilines is 1. The molecule has 0 radical (unpaired) electrons. The van der Waals surface area contributed by atoms with Crippen molar-refractivity contribution in [2.45, 2.75) is 23.6 Å². The van der Waals surface area contributed by atoms with E-state index in [9.17, 15) is 21.6 Å². The lowest BCUT2D eigenvalue weighted by atomic mass is 10.3. The maximum absolute atomic E-state index is 12.8. The molecule has 9 nitrogen and oxygen atoms in total. The Hall–Kier alpha value is -2.47. The second-order valence-corrected chi connectivity index (χ2v) is 10.6. The van der Waals surface area contributed by atoms with Crippen LogP contribution >= 0.6 is 0 Å². The third kappa shape index (κ3) is 5.62. The highest BCUT2D eigenvalue weighted by Gasteiger charge is 2.25. The maximum atomic E-state index is 12.8. The number of methoxy groups -OCH3 is 1. The molecule has 0 saturated carbocycles. The first-order chi connectivity index (χ1) is 14.6. The molecule has 0 bridgehead atoms. The Morgan fingerprint density at radius 1 is 0.935 bits per heavy atom. The van der Waals surface area contributed by atoms with E-state index in [0.717, 1.165) is 4.31 Å². The summed E-state index contributed by atoms with van der Waals surface area (Å²) in [6.45, 7) is 3.60. The van der Waals surface area contributed by atoms with Crippen molar-refractivity contribution in [3.63, 3.8) is 0 Å². The summed E-state index contributed by atoms with van der Waals surface area (Å²) in [6.07, 6.45) is 0. The number of amides is 1. The van der Waals surface area contributed by atoms with Gasteiger partial charge in [0.2, 0.25) is 26.0 Å². The molecule has 0 saturated heterocycles. The summed E-state index contributed by atoms with van der Waals surface area (Å²) in [5, 5.41) is 2.55. The SMILES string of the molecule is CCN(CC)S(=O)(=O)c1ccc(OC)c(NC(=O)CN(C)S(=O)(=O)c2ccccc2)c1. The molecule has 0 atom stereocenters. The minimum absolute atomic E-state index is 0.00226. The van der Waals surface area contributed by atoms with E-state index in [-0.39, 0.29) is 21.2 Å². The van der Waals surface area contributed by atoms with Gasteiger partial charge in [-0.15, -0.1) is 0 Å². The van der Waals surface area contributed by atoms with Crippen LogP contribution < -0.4 is 10.1 Å². The summed E-state index contributed by atoms with van der Waals surface area (Å²) in [5.41, 5.74) is 0.131. The number of sulfonamides is 2. The highest BCUT2D eigenvalue weighted by Crippen LogP contribution is 2.29. The number of carbonyl (C=O) groups excluding carboxylic acids is 1. The van der Waals surface area contributed by atoms with Gasteiger partial charge in [0.15, 0.2) is 0 Å². The number of hydrogen-bond acceptors (Lipinski definition) is 6. The molecule has 1 N–H and O–H groups in total. The van der Waals surface area contributed by atoms with Crippen molar-refractivity contribution in [3.05, 3.63) is 48.5 Å². The van der Waals surface area contributed by atoms with Crippen LogP contribution in [-0.4, -0.2) is 65.1 Å². The summed E-state index contributed by atoms with van der Waals surface area (Å²) >= 11 is 0. The first-order valence-electron chi connectivity index (χ1n) is 9.57. The van der Waals surface area contributed by atoms with E-state index >= 15 is 0 Å². The van der Waals surface area contributed by atoms with Crippen molar-refractivity contribution in [2.75, 3.05) is 39.1 Å². The standard InChI is InChI=1S/C20H27N3O6S2/c1-5-23(6-2)31(27,28)17-12-13-19(29-4)18(14-17)21-20(24)15-22(3)30(25,26)16-10-8-7-9-11-16/h7-14H,5-6,15H2,1-4H3,(H,21,24). The molecule has 31 heavy (non-hydrogen) atoms. The second kappa shape index (κ2) is 10.2. The fourth-order valence-electron chi connectivity index (χ4n) is 2.91. The van der Waals surface area contributed by atoms with Gasteiger partial charge in [0.05, 0.1) is 29.1 Å². The van der Waals surface area contributed by atoms with Crippen molar-refractivity contribution >= 4 is 31.6 Å². The Kier molecular flexibility index (Phi) is 8.18. The third-order valence-corrected chi connectivity index (χ3v) is 8.47. The number of hydrogen-bond donors (Lipinski definition) is 1. The Morgan fingerprint density at radius 3 is 2.10 bits per heavy atom. The van der Waals surface area contributed by atoms with Crippen LogP contribution in [0.25, 0.3) is 0 Å². The average Bonchev–Trinajstić information content (AvgIpc) is 2.74. The van der Waals surface area contributed by atoms with Gasteiger partial charge in [0, 0.05) is 20.1 Å². The number of likely N-dealkylation sites (N-methyl/N-ethyl adjacent to an activating group) is 1. The van der Waals surface area contributed by atoms with E-state index in [1.807, 2.05) is 0 Å². The molecule has 2 rings (SSSR count). The number of ether oxygens (including phenoxy) is 1. The lowest BCUT2D eigenvalue weighted by Crippen LogP contribution is -2.35. The fraction of sp³-hybridized carbons (Fsp3) is 0.350. The zero-order valence-electron chi connectivity index (χ0n) is 17.9. The van der Waals surface area contributed by atoms with Gasteiger partial charge in [-0.1, -0.05) is 32.0 Å². The predicted molar refractivity (Wildman–Crippen MR) is 118 cm³/mol. The monoisotopic (exact) mass is 469 g/mol. The molecule has 170 valence electrons. The minimum Gasteiger partial charge on any atom is -0.495 e. The van der Waals surface area contributed by atoms with Crippen LogP contribution in [0.5, 0.6) is 5.75 Å². The van der Waals surface area contributed by atoms with Gasteiger partial charge in [-0.3, -0.25) is 4.79 Å². The summed E-state index contributed by atoms with van der Waals surface area (Å²) in [7, 11) is -4.92. The van der Waals surface area contributed by atoms with E-state index in [1.54, 1.807) is 32.0 Å². The number of carbonyl (C=O) groups is 1. The molecule has 1 amide bonds. The molecule has 0 fully saturated rings. The largest absolute Gasteiger partial charge is 0.495 e. The Balaban J connectivity index is 2.26. The number of nitrogens with one attached hydrogen (secondary N) is 1. The highest BCUT2D eigenvalue weighted by molar-refractivity contribution is 7.89. The Bertz CT molecular complexity index is 1110. The number of rotatable bonds is 10. The van der Waals surface area contributed by atoms with Gasteiger partial charge < -0.3 is 10.1 Å². The molecule has 2 aromatic rings. The first kappa shape index (κ1) is 24.8. The van der Waals surface area contributed by atoms with E-state index in [1.165, 1.54) is 48.8 Å². The van der Waals surface area contributed by atoms with Crippen molar-refractivity contribution in [1.29, 1.82) is 0 Å². The van der Waals surface area contributed by atoms with Gasteiger partial charge in [-0.05, 0) is 30.3 Å². The van der Waals surface area contributed by atoms with E-state index in [0.29, 0.717) is 13.1 Å². The quantitative estimate of drug-likeness (QED) is 0.569. The van der Waals surface area contributed by atoms with Crippen LogP contribution in [0.3, 0.4) is 0 Å². The van der Waals surface area contributed by atoms with Crippen molar-refractivity contribution in [3.8, 4) is 5.75 Å². The Labute approximate surface area is 183 Å². The molecular formula is C20H27N3O6S2. The minimum atomic E-state index is -3.85. The molecule has 0 heterocycles. The van der Waals surface area contributed by atoms with Gasteiger partial charge in [0.25, 0.3) is 0 Å². The lowest BCUT2D eigenvalue weighted by molar-refractivity contribution is -0.116. The zero-order chi connectivity index (χ0) is 23.2. The molecule has 0 aliphatic heterocycles. The van der Waals surface area contributed by atoms with Crippen LogP contribution in [0.15, 0.2) is 58.3 Å². The van der Waals surface area contributed by atoms with Crippen LogP contribution in [0.1, 0.15) is 13.8 Å². The van der Waals surface area contributed by atoms with Crippen LogP contribution in [0, 0.1) is 0 Å². The van der Waals surface area contributed by atoms with Gasteiger partial charge in [0.1, 0.15) is 5.75 Å². The Morgan fingerprint density at radius 2 is 1.55 bits per heavy atom. The molecule has 2 aromatic carbocycles. The normalized spacial score (nSPS) is 12.2. The zero-order valence-corrected chi connectivity index (χ0v) is 19.5. The summed E-state index contributed by atoms with van der Waals surface area (Å²) in [4.78, 5) is 12.6. The second-order valence-electron chi connectivity index (χ2n) is 6.57. The van der Waals surface area contributed by atoms with Crippen LogP contribution in [0.2, 0.25) is 0 Å². The molecule has 11 heteroatoms. The van der Waals surface area contributed by atoms with Crippen LogP contribution in [-0.2, 0) is 24.8 Å². The topological polar surface area (TPSA) is 113 Å². The molecule has 0 unspecified atom stereocenters. The van der Waals surface area contributed by atoms with Crippen molar-refractivity contribution < 1.29 is 26.4 Å². The highest BCUT2D eigenvalue weighted by atomic mass is 32.2. The summed E-state index contributed by atoms with van der Waals surface area (Å²) < 4.78 is 58.2. The molecule has 0 aliphatic carbocycles. The summed E-state index contributed by atoms with van der Waals surface area (Å²) in [6, 6.07) is 11.9. The molecule has 0 aliphatic rings. The average molecular weight is 470 g/mol. The van der Waals surface area contributed by atoms with E-state index < -0.39 is 32.5 Å². The van der Waals surface area contributed by atoms with Gasteiger partial charge in [-0.25, -0.2) is 16.8 Å². The smallest absolute Gasteiger partial charge is 0.243 e. The van der Waals surface area contributed by atoms with Gasteiger partial charge >= 0.3 is 0 Å². The molecular weight excluding hydrogens is 442 g/mol. The van der Waals surface area contributed by atoms with Gasteiger partial charge in [-0.2, -0.15) is 8.61 Å².